The van der Waals surface area contributed by atoms with Gasteiger partial charge in [0.05, 0.1) is 41.6 Å². The summed E-state index contributed by atoms with van der Waals surface area (Å²) in [5.41, 5.74) is 2.01. The van der Waals surface area contributed by atoms with Gasteiger partial charge in [-0.2, -0.15) is 0 Å². The predicted molar refractivity (Wildman–Crippen MR) is 117 cm³/mol. The van der Waals surface area contributed by atoms with Gasteiger partial charge in [-0.1, -0.05) is 12.1 Å². The van der Waals surface area contributed by atoms with Crippen LogP contribution in [0, 0.1) is 0 Å². The maximum atomic E-state index is 5.85. The van der Waals surface area contributed by atoms with Crippen LogP contribution in [0.2, 0.25) is 0 Å². The Balaban J connectivity index is 2.24. The Labute approximate surface area is 178 Å². The summed E-state index contributed by atoms with van der Waals surface area (Å²) < 4.78 is 28.4. The smallest absolute Gasteiger partial charge is 0.203 e. The van der Waals surface area contributed by atoms with Crippen molar-refractivity contribution in [1.29, 1.82) is 0 Å². The van der Waals surface area contributed by atoms with Gasteiger partial charge in [0.15, 0.2) is 23.0 Å². The molecule has 164 valence electrons. The van der Waals surface area contributed by atoms with Crippen molar-refractivity contribution in [3.63, 3.8) is 0 Å². The van der Waals surface area contributed by atoms with Gasteiger partial charge in [0.25, 0.3) is 0 Å². The number of hydrogen-bond acceptors (Lipinski definition) is 7. The first-order chi connectivity index (χ1) is 14.7. The highest BCUT2D eigenvalue weighted by Crippen LogP contribution is 2.48. The molecule has 3 rings (SSSR count). The SMILES string of the molecule is COc1cccc(C(c2ccc(OC)c(OC)c2OC)N2CCCNCC2)c1OC. The van der Waals surface area contributed by atoms with Crippen LogP contribution in [-0.4, -0.2) is 66.6 Å². The zero-order valence-electron chi connectivity index (χ0n) is 18.5. The van der Waals surface area contributed by atoms with E-state index in [2.05, 4.69) is 16.3 Å². The van der Waals surface area contributed by atoms with E-state index in [1.54, 1.807) is 35.5 Å². The highest BCUT2D eigenvalue weighted by Gasteiger charge is 2.31. The maximum Gasteiger partial charge on any atom is 0.203 e. The minimum atomic E-state index is -0.107. The molecule has 0 radical (unpaired) electrons. The van der Waals surface area contributed by atoms with E-state index < -0.39 is 0 Å². The third-order valence-corrected chi connectivity index (χ3v) is 5.50. The fourth-order valence-corrected chi connectivity index (χ4v) is 4.15. The molecule has 7 nitrogen and oxygen atoms in total. The lowest BCUT2D eigenvalue weighted by molar-refractivity contribution is 0.228. The summed E-state index contributed by atoms with van der Waals surface area (Å²) in [5.74, 6) is 3.29. The highest BCUT2D eigenvalue weighted by molar-refractivity contribution is 5.60. The largest absolute Gasteiger partial charge is 0.493 e. The van der Waals surface area contributed by atoms with Gasteiger partial charge in [-0.05, 0) is 31.2 Å². The highest BCUT2D eigenvalue weighted by atomic mass is 16.5. The molecule has 2 aromatic rings. The van der Waals surface area contributed by atoms with Crippen molar-refractivity contribution in [1.82, 2.24) is 10.2 Å². The summed E-state index contributed by atoms with van der Waals surface area (Å²) >= 11 is 0. The standard InChI is InChI=1S/C23H32N2O5/c1-26-18-9-6-8-16(21(18)28-3)20(25-14-7-12-24-13-15-25)17-10-11-19(27-2)23(30-5)22(17)29-4/h6,8-11,20,24H,7,12-15H2,1-5H3. The van der Waals surface area contributed by atoms with E-state index in [1.807, 2.05) is 24.3 Å². The number of ether oxygens (including phenoxy) is 5. The van der Waals surface area contributed by atoms with Crippen LogP contribution in [0.1, 0.15) is 23.6 Å². The Kier molecular flexibility index (Phi) is 7.65. The number of nitrogens with zero attached hydrogens (tertiary/aromatic N) is 1. The summed E-state index contributed by atoms with van der Waals surface area (Å²) in [7, 11) is 8.24. The van der Waals surface area contributed by atoms with Crippen LogP contribution in [0.4, 0.5) is 0 Å². The maximum absolute atomic E-state index is 5.85. The molecule has 1 aliphatic heterocycles. The van der Waals surface area contributed by atoms with E-state index in [4.69, 9.17) is 23.7 Å². The molecule has 0 spiro atoms. The average Bonchev–Trinajstić information content (AvgIpc) is 3.07. The van der Waals surface area contributed by atoms with Gasteiger partial charge < -0.3 is 29.0 Å². The van der Waals surface area contributed by atoms with E-state index in [1.165, 1.54) is 0 Å². The second-order valence-corrected chi connectivity index (χ2v) is 7.05. The van der Waals surface area contributed by atoms with Gasteiger partial charge in [0.1, 0.15) is 0 Å². The van der Waals surface area contributed by atoms with Crippen LogP contribution < -0.4 is 29.0 Å². The van der Waals surface area contributed by atoms with Crippen LogP contribution in [-0.2, 0) is 0 Å². The quantitative estimate of drug-likeness (QED) is 0.709. The van der Waals surface area contributed by atoms with Crippen molar-refractivity contribution in [2.75, 3.05) is 61.7 Å². The van der Waals surface area contributed by atoms with Crippen molar-refractivity contribution < 1.29 is 23.7 Å². The molecule has 0 aliphatic carbocycles. The van der Waals surface area contributed by atoms with Gasteiger partial charge in [-0.3, -0.25) is 4.90 Å². The summed E-state index contributed by atoms with van der Waals surface area (Å²) in [6.07, 6.45) is 1.05. The van der Waals surface area contributed by atoms with Gasteiger partial charge in [0.2, 0.25) is 5.75 Å². The number of hydrogen-bond donors (Lipinski definition) is 1. The van der Waals surface area contributed by atoms with Crippen molar-refractivity contribution in [2.24, 2.45) is 0 Å². The molecule has 0 aromatic heterocycles. The normalized spacial score (nSPS) is 15.8. The number of para-hydroxylation sites is 1. The second kappa shape index (κ2) is 10.4. The Morgan fingerprint density at radius 3 is 2.03 bits per heavy atom. The molecular weight excluding hydrogens is 384 g/mol. The lowest BCUT2D eigenvalue weighted by Crippen LogP contribution is -2.33. The fraction of sp³-hybridized carbons (Fsp3) is 0.478. The Hall–Kier alpha value is -2.64. The minimum absolute atomic E-state index is 0.107. The number of benzene rings is 2. The number of nitrogens with one attached hydrogen (secondary N) is 1. The predicted octanol–water partition coefficient (Wildman–Crippen LogP) is 3.11. The van der Waals surface area contributed by atoms with Crippen molar-refractivity contribution >= 4 is 0 Å². The first-order valence-corrected chi connectivity index (χ1v) is 10.1. The summed E-state index contributed by atoms with van der Waals surface area (Å²) in [6, 6.07) is 9.85. The Morgan fingerprint density at radius 1 is 0.700 bits per heavy atom. The lowest BCUT2D eigenvalue weighted by atomic mass is 9.94. The van der Waals surface area contributed by atoms with E-state index in [0.717, 1.165) is 49.5 Å². The minimum Gasteiger partial charge on any atom is -0.493 e. The third-order valence-electron chi connectivity index (χ3n) is 5.50. The van der Waals surface area contributed by atoms with Crippen LogP contribution in [0.3, 0.4) is 0 Å². The van der Waals surface area contributed by atoms with Gasteiger partial charge in [-0.15, -0.1) is 0 Å². The molecular formula is C23H32N2O5. The average molecular weight is 417 g/mol. The molecule has 1 atom stereocenters. The zero-order chi connectivity index (χ0) is 21.5. The molecule has 0 bridgehead atoms. The summed E-state index contributed by atoms with van der Waals surface area (Å²) in [6.45, 7) is 3.75. The summed E-state index contributed by atoms with van der Waals surface area (Å²) in [5, 5.41) is 3.48. The number of rotatable bonds is 8. The number of methoxy groups -OCH3 is 5. The van der Waals surface area contributed by atoms with E-state index in [0.29, 0.717) is 23.0 Å². The van der Waals surface area contributed by atoms with Crippen LogP contribution >= 0.6 is 0 Å². The van der Waals surface area contributed by atoms with Crippen molar-refractivity contribution in [3.05, 3.63) is 41.5 Å². The van der Waals surface area contributed by atoms with Crippen LogP contribution in [0.25, 0.3) is 0 Å². The molecule has 1 heterocycles. The Bertz CT molecular complexity index is 835. The van der Waals surface area contributed by atoms with Gasteiger partial charge >= 0.3 is 0 Å². The Morgan fingerprint density at radius 2 is 1.37 bits per heavy atom. The molecule has 1 aliphatic rings. The molecule has 30 heavy (non-hydrogen) atoms. The molecule has 1 unspecified atom stereocenters. The molecule has 1 fully saturated rings. The van der Waals surface area contributed by atoms with Crippen molar-refractivity contribution in [2.45, 2.75) is 12.5 Å². The first-order valence-electron chi connectivity index (χ1n) is 10.1. The fourth-order valence-electron chi connectivity index (χ4n) is 4.15. The molecule has 1 saturated heterocycles. The first kappa shape index (κ1) is 22.1. The van der Waals surface area contributed by atoms with Gasteiger partial charge in [-0.25, -0.2) is 0 Å². The molecule has 0 amide bonds. The van der Waals surface area contributed by atoms with E-state index in [-0.39, 0.29) is 6.04 Å². The third kappa shape index (κ3) is 4.27. The van der Waals surface area contributed by atoms with Crippen molar-refractivity contribution in [3.8, 4) is 28.7 Å². The molecule has 7 heteroatoms. The van der Waals surface area contributed by atoms with Crippen LogP contribution in [0.15, 0.2) is 30.3 Å². The molecule has 1 N–H and O–H groups in total. The molecule has 0 saturated carbocycles. The lowest BCUT2D eigenvalue weighted by Gasteiger charge is -2.33. The second-order valence-electron chi connectivity index (χ2n) is 7.05. The van der Waals surface area contributed by atoms with Crippen LogP contribution in [0.5, 0.6) is 28.7 Å². The monoisotopic (exact) mass is 416 g/mol. The topological polar surface area (TPSA) is 61.4 Å². The molecule has 2 aromatic carbocycles. The van der Waals surface area contributed by atoms with Gasteiger partial charge in [0, 0.05) is 30.8 Å². The zero-order valence-corrected chi connectivity index (χ0v) is 18.5. The summed E-state index contributed by atoms with van der Waals surface area (Å²) in [4.78, 5) is 2.45. The van der Waals surface area contributed by atoms with E-state index in [9.17, 15) is 0 Å². The van der Waals surface area contributed by atoms with E-state index >= 15 is 0 Å².